The maximum Gasteiger partial charge on any atom is 0.416 e. The summed E-state index contributed by atoms with van der Waals surface area (Å²) in [5.74, 6) is -0.936. The van der Waals surface area contributed by atoms with Gasteiger partial charge in [-0.3, -0.25) is 4.79 Å². The van der Waals surface area contributed by atoms with E-state index in [2.05, 4.69) is 5.32 Å². The lowest BCUT2D eigenvalue weighted by atomic mass is 10.0. The van der Waals surface area contributed by atoms with Crippen LogP contribution in [0.25, 0.3) is 0 Å². The molecule has 7 heteroatoms. The Balaban J connectivity index is 2.35. The highest BCUT2D eigenvalue weighted by atomic mass is 19.4. The molecule has 94 valence electrons. The predicted octanol–water partition coefficient (Wildman–Crippen LogP) is 0.451. The lowest BCUT2D eigenvalue weighted by molar-refractivity contribution is -0.202. The van der Waals surface area contributed by atoms with Crippen LogP contribution in [-0.4, -0.2) is 42.5 Å². The summed E-state index contributed by atoms with van der Waals surface area (Å²) in [6.45, 7) is 1.31. The van der Waals surface area contributed by atoms with Gasteiger partial charge in [-0.05, 0) is 13.3 Å². The number of hydrogen-bond acceptors (Lipinski definition) is 3. The highest BCUT2D eigenvalue weighted by Crippen LogP contribution is 2.22. The number of rotatable bonds is 3. The minimum atomic E-state index is -4.70. The van der Waals surface area contributed by atoms with Crippen molar-refractivity contribution in [2.45, 2.75) is 31.7 Å². The molecule has 1 saturated heterocycles. The molecule has 1 aliphatic rings. The van der Waals surface area contributed by atoms with E-state index in [1.165, 1.54) is 0 Å². The van der Waals surface area contributed by atoms with Crippen molar-refractivity contribution in [2.24, 2.45) is 5.92 Å². The second-order valence-corrected chi connectivity index (χ2v) is 3.77. The zero-order chi connectivity index (χ0) is 12.3. The van der Waals surface area contributed by atoms with E-state index in [1.54, 1.807) is 6.92 Å². The molecule has 0 radical (unpaired) electrons. The predicted molar refractivity (Wildman–Crippen MR) is 48.6 cm³/mol. The third-order valence-electron chi connectivity index (χ3n) is 2.56. The molecular formula is C9H14F3NO3. The van der Waals surface area contributed by atoms with Gasteiger partial charge < -0.3 is 15.2 Å². The number of hydrogen-bond donors (Lipinski definition) is 2. The minimum absolute atomic E-state index is 0.289. The van der Waals surface area contributed by atoms with Crippen LogP contribution in [0.5, 0.6) is 0 Å². The Morgan fingerprint density at radius 3 is 2.69 bits per heavy atom. The largest absolute Gasteiger partial charge is 0.416 e. The maximum atomic E-state index is 11.9. The van der Waals surface area contributed by atoms with Gasteiger partial charge in [0.1, 0.15) is 0 Å². The smallest absolute Gasteiger partial charge is 0.382 e. The maximum absolute atomic E-state index is 11.9. The van der Waals surface area contributed by atoms with Crippen molar-refractivity contribution in [1.82, 2.24) is 5.32 Å². The summed E-state index contributed by atoms with van der Waals surface area (Å²) in [7, 11) is 0. The van der Waals surface area contributed by atoms with Crippen molar-refractivity contribution in [3.63, 3.8) is 0 Å². The van der Waals surface area contributed by atoms with Gasteiger partial charge in [0, 0.05) is 6.61 Å². The molecule has 3 unspecified atom stereocenters. The average Bonchev–Trinajstić information content (AvgIpc) is 2.58. The van der Waals surface area contributed by atoms with Gasteiger partial charge in [0.2, 0.25) is 5.91 Å². The number of halogens is 3. The van der Waals surface area contributed by atoms with Crippen LogP contribution in [0, 0.1) is 5.92 Å². The first-order valence-corrected chi connectivity index (χ1v) is 4.96. The fraction of sp³-hybridized carbons (Fsp3) is 0.889. The van der Waals surface area contributed by atoms with Crippen molar-refractivity contribution in [1.29, 1.82) is 0 Å². The molecular weight excluding hydrogens is 227 g/mol. The van der Waals surface area contributed by atoms with Crippen LogP contribution in [0.1, 0.15) is 13.3 Å². The molecule has 1 heterocycles. The Bertz CT molecular complexity index is 257. The molecule has 3 atom stereocenters. The van der Waals surface area contributed by atoms with E-state index in [-0.39, 0.29) is 6.10 Å². The molecule has 0 bridgehead atoms. The first-order valence-electron chi connectivity index (χ1n) is 4.96. The number of nitrogens with one attached hydrogen (secondary N) is 1. The lowest BCUT2D eigenvalue weighted by Crippen LogP contribution is -2.43. The fourth-order valence-electron chi connectivity index (χ4n) is 1.52. The van der Waals surface area contributed by atoms with Gasteiger partial charge in [-0.25, -0.2) is 0 Å². The van der Waals surface area contributed by atoms with E-state index >= 15 is 0 Å². The van der Waals surface area contributed by atoms with Crippen molar-refractivity contribution in [2.75, 3.05) is 13.2 Å². The number of carbonyl (C=O) groups excluding carboxylic acids is 1. The molecule has 4 nitrogen and oxygen atoms in total. The number of aliphatic hydroxyl groups excluding tert-OH is 1. The van der Waals surface area contributed by atoms with Gasteiger partial charge in [-0.15, -0.1) is 0 Å². The molecule has 0 aromatic heterocycles. The van der Waals surface area contributed by atoms with Crippen LogP contribution in [0.2, 0.25) is 0 Å². The molecule has 0 spiro atoms. The molecule has 2 N–H and O–H groups in total. The summed E-state index contributed by atoms with van der Waals surface area (Å²) in [4.78, 5) is 11.4. The van der Waals surface area contributed by atoms with Crippen LogP contribution in [0.3, 0.4) is 0 Å². The van der Waals surface area contributed by atoms with Crippen molar-refractivity contribution in [3.8, 4) is 0 Å². The van der Waals surface area contributed by atoms with Crippen LogP contribution >= 0.6 is 0 Å². The average molecular weight is 241 g/mol. The second-order valence-electron chi connectivity index (χ2n) is 3.77. The van der Waals surface area contributed by atoms with Gasteiger partial charge in [-0.2, -0.15) is 13.2 Å². The molecule has 16 heavy (non-hydrogen) atoms. The van der Waals surface area contributed by atoms with Crippen molar-refractivity contribution in [3.05, 3.63) is 0 Å². The zero-order valence-electron chi connectivity index (χ0n) is 8.75. The summed E-state index contributed by atoms with van der Waals surface area (Å²) in [5.41, 5.74) is 0. The zero-order valence-corrected chi connectivity index (χ0v) is 8.75. The molecule has 0 aromatic rings. The standard InChI is InChI=1S/C9H14F3NO3/c1-5-6(2-3-16-5)8(15)13-4-7(14)9(10,11)12/h5-7,14H,2-4H2,1H3,(H,13,15). The van der Waals surface area contributed by atoms with E-state index in [9.17, 15) is 18.0 Å². The van der Waals surface area contributed by atoms with Crippen LogP contribution in [0.15, 0.2) is 0 Å². The summed E-state index contributed by atoms with van der Waals surface area (Å²) in [6, 6.07) is 0. The van der Waals surface area contributed by atoms with Gasteiger partial charge in [-0.1, -0.05) is 0 Å². The monoisotopic (exact) mass is 241 g/mol. The topological polar surface area (TPSA) is 58.6 Å². The molecule has 1 fully saturated rings. The minimum Gasteiger partial charge on any atom is -0.382 e. The molecule has 0 aromatic carbocycles. The van der Waals surface area contributed by atoms with Crippen LogP contribution in [-0.2, 0) is 9.53 Å². The van der Waals surface area contributed by atoms with E-state index < -0.39 is 30.7 Å². The van der Waals surface area contributed by atoms with Crippen LogP contribution < -0.4 is 5.32 Å². The third-order valence-corrected chi connectivity index (χ3v) is 2.56. The third kappa shape index (κ3) is 3.34. The number of alkyl halides is 3. The summed E-state index contributed by atoms with van der Waals surface area (Å²) < 4.78 is 40.9. The number of carbonyl (C=O) groups is 1. The Morgan fingerprint density at radius 2 is 2.25 bits per heavy atom. The number of amides is 1. The summed E-state index contributed by atoms with van der Waals surface area (Å²) in [6.07, 6.45) is -7.02. The lowest BCUT2D eigenvalue weighted by Gasteiger charge is -2.18. The fourth-order valence-corrected chi connectivity index (χ4v) is 1.52. The van der Waals surface area contributed by atoms with Gasteiger partial charge in [0.25, 0.3) is 0 Å². The molecule has 0 aliphatic carbocycles. The first kappa shape index (κ1) is 13.2. The Hall–Kier alpha value is -0.820. The number of ether oxygens (including phenoxy) is 1. The Morgan fingerprint density at radius 1 is 1.62 bits per heavy atom. The Labute approximate surface area is 90.8 Å². The van der Waals surface area contributed by atoms with Crippen LogP contribution in [0.4, 0.5) is 13.2 Å². The van der Waals surface area contributed by atoms with Gasteiger partial charge in [0.15, 0.2) is 6.10 Å². The van der Waals surface area contributed by atoms with Gasteiger partial charge >= 0.3 is 6.18 Å². The second kappa shape index (κ2) is 5.01. The van der Waals surface area contributed by atoms with E-state index in [1.807, 2.05) is 0 Å². The summed E-state index contributed by atoms with van der Waals surface area (Å²) >= 11 is 0. The van der Waals surface area contributed by atoms with E-state index in [0.29, 0.717) is 13.0 Å². The highest BCUT2D eigenvalue weighted by Gasteiger charge is 2.39. The summed E-state index contributed by atoms with van der Waals surface area (Å²) in [5, 5.41) is 10.7. The molecule has 1 aliphatic heterocycles. The molecule has 1 amide bonds. The van der Waals surface area contributed by atoms with E-state index in [0.717, 1.165) is 0 Å². The Kier molecular flexibility index (Phi) is 4.15. The quantitative estimate of drug-likeness (QED) is 0.754. The highest BCUT2D eigenvalue weighted by molar-refractivity contribution is 5.79. The SMILES string of the molecule is CC1OCCC1C(=O)NCC(O)C(F)(F)F. The first-order chi connectivity index (χ1) is 7.32. The van der Waals surface area contributed by atoms with Gasteiger partial charge in [0.05, 0.1) is 18.6 Å². The van der Waals surface area contributed by atoms with Crippen molar-refractivity contribution < 1.29 is 27.8 Å². The van der Waals surface area contributed by atoms with Crippen molar-refractivity contribution >= 4 is 5.91 Å². The van der Waals surface area contributed by atoms with E-state index in [4.69, 9.17) is 9.84 Å². The molecule has 1 rings (SSSR count). The normalized spacial score (nSPS) is 27.8. The number of aliphatic hydroxyl groups is 1. The molecule has 0 saturated carbocycles.